The van der Waals surface area contributed by atoms with E-state index in [9.17, 15) is 19.5 Å². The van der Waals surface area contributed by atoms with Crippen LogP contribution in [0.5, 0.6) is 0 Å². The van der Waals surface area contributed by atoms with Gasteiger partial charge in [-0.1, -0.05) is 41.9 Å². The van der Waals surface area contributed by atoms with Gasteiger partial charge in [0.2, 0.25) is 0 Å². The number of carbonyl (C=O) groups excluding carboxylic acids is 1. The Kier molecular flexibility index (Phi) is 7.35. The van der Waals surface area contributed by atoms with Crippen molar-refractivity contribution in [1.82, 2.24) is 19.7 Å². The lowest BCUT2D eigenvalue weighted by molar-refractivity contribution is 0.0788. The Labute approximate surface area is 182 Å². The van der Waals surface area contributed by atoms with Crippen molar-refractivity contribution in [2.75, 3.05) is 13.2 Å². The fourth-order valence-corrected chi connectivity index (χ4v) is 3.13. The summed E-state index contributed by atoms with van der Waals surface area (Å²) < 4.78 is 1.67. The molecule has 2 aromatic carbocycles. The first-order valence-corrected chi connectivity index (χ1v) is 9.88. The molecule has 3 aromatic rings. The number of carbonyl (C=O) groups is 1. The fourth-order valence-electron chi connectivity index (χ4n) is 2.93. The van der Waals surface area contributed by atoms with Crippen LogP contribution in [0, 0.1) is 0 Å². The summed E-state index contributed by atoms with van der Waals surface area (Å²) in [5.74, 6) is -0.417. The summed E-state index contributed by atoms with van der Waals surface area (Å²) in [5.41, 5.74) is -0.103. The summed E-state index contributed by atoms with van der Waals surface area (Å²) in [6.07, 6.45) is 0.278. The third-order valence-corrected chi connectivity index (χ3v) is 4.88. The van der Waals surface area contributed by atoms with E-state index in [0.29, 0.717) is 13.0 Å². The number of rotatable bonds is 8. The van der Waals surface area contributed by atoms with Crippen molar-refractivity contribution >= 4 is 17.5 Å². The molecule has 0 saturated carbocycles. The van der Waals surface area contributed by atoms with Crippen LogP contribution in [-0.4, -0.2) is 49.7 Å². The summed E-state index contributed by atoms with van der Waals surface area (Å²) in [6.45, 7) is -0.606. The molecule has 1 heterocycles. The molecule has 3 N–H and O–H groups in total. The summed E-state index contributed by atoms with van der Waals surface area (Å²) in [5, 5.41) is 25.4. The van der Waals surface area contributed by atoms with E-state index >= 15 is 0 Å². The van der Waals surface area contributed by atoms with E-state index in [2.05, 4.69) is 10.4 Å². The molecule has 1 unspecified atom stereocenters. The van der Waals surface area contributed by atoms with Crippen LogP contribution in [0.4, 0.5) is 0 Å². The predicted octanol–water partition coefficient (Wildman–Crippen LogP) is 0.373. The first-order chi connectivity index (χ1) is 14.9. The van der Waals surface area contributed by atoms with E-state index in [4.69, 9.17) is 16.7 Å². The van der Waals surface area contributed by atoms with Crippen LogP contribution in [0.15, 0.2) is 64.3 Å². The monoisotopic (exact) mass is 444 g/mol. The highest BCUT2D eigenvalue weighted by Crippen LogP contribution is 2.19. The molecule has 9 nitrogen and oxygen atoms in total. The Morgan fingerprint density at radius 3 is 2.61 bits per heavy atom. The average molecular weight is 445 g/mol. The number of aliphatic hydroxyl groups is 2. The molecule has 0 aliphatic heterocycles. The van der Waals surface area contributed by atoms with Gasteiger partial charge >= 0.3 is 5.69 Å². The molecule has 0 spiro atoms. The zero-order valence-electron chi connectivity index (χ0n) is 16.4. The summed E-state index contributed by atoms with van der Waals surface area (Å²) in [6, 6.07) is 14.0. The average Bonchev–Trinajstić information content (AvgIpc) is 2.77. The van der Waals surface area contributed by atoms with E-state index in [0.717, 1.165) is 21.0 Å². The normalized spacial score (nSPS) is 11.8. The fraction of sp³-hybridized carbons (Fsp3) is 0.238. The predicted molar refractivity (Wildman–Crippen MR) is 115 cm³/mol. The van der Waals surface area contributed by atoms with E-state index in [1.165, 1.54) is 18.2 Å². The molecule has 1 atom stereocenters. The van der Waals surface area contributed by atoms with Crippen LogP contribution in [0.25, 0.3) is 5.69 Å². The third kappa shape index (κ3) is 5.46. The minimum Gasteiger partial charge on any atom is -0.394 e. The highest BCUT2D eigenvalue weighted by atomic mass is 35.5. The Morgan fingerprint density at radius 1 is 1.16 bits per heavy atom. The van der Waals surface area contributed by atoms with Crippen molar-refractivity contribution < 1.29 is 15.0 Å². The van der Waals surface area contributed by atoms with Crippen molar-refractivity contribution in [1.29, 1.82) is 0 Å². The maximum absolute atomic E-state index is 12.7. The molecule has 0 aliphatic rings. The third-order valence-electron chi connectivity index (χ3n) is 4.55. The summed E-state index contributed by atoms with van der Waals surface area (Å²) >= 11 is 6.17. The van der Waals surface area contributed by atoms with Crippen LogP contribution < -0.4 is 16.6 Å². The van der Waals surface area contributed by atoms with Crippen LogP contribution in [0.3, 0.4) is 0 Å². The van der Waals surface area contributed by atoms with E-state index < -0.39 is 36.4 Å². The van der Waals surface area contributed by atoms with Gasteiger partial charge in [-0.25, -0.2) is 4.79 Å². The largest absolute Gasteiger partial charge is 0.394 e. The van der Waals surface area contributed by atoms with Gasteiger partial charge in [0, 0.05) is 6.54 Å². The summed E-state index contributed by atoms with van der Waals surface area (Å²) in [4.78, 5) is 37.2. The van der Waals surface area contributed by atoms with Gasteiger partial charge in [-0.2, -0.15) is 9.78 Å². The Balaban J connectivity index is 1.84. The number of aliphatic hydroxyl groups excluding tert-OH is 2. The number of hydrogen-bond acceptors (Lipinski definition) is 6. The van der Waals surface area contributed by atoms with Gasteiger partial charge in [0.05, 0.1) is 35.5 Å². The molecule has 0 bridgehead atoms. The molecule has 1 aromatic heterocycles. The van der Waals surface area contributed by atoms with Crippen molar-refractivity contribution in [2.45, 2.75) is 19.1 Å². The molecule has 1 amide bonds. The smallest absolute Gasteiger partial charge is 0.352 e. The van der Waals surface area contributed by atoms with Gasteiger partial charge < -0.3 is 15.5 Å². The molecule has 0 fully saturated rings. The van der Waals surface area contributed by atoms with Gasteiger partial charge in [-0.05, 0) is 30.2 Å². The lowest BCUT2D eigenvalue weighted by atomic mass is 10.1. The van der Waals surface area contributed by atoms with E-state index in [-0.39, 0.29) is 16.3 Å². The molecule has 0 saturated heterocycles. The number of benzene rings is 2. The number of nitrogens with zero attached hydrogens (tertiary/aromatic N) is 3. The second-order valence-electron chi connectivity index (χ2n) is 6.78. The second kappa shape index (κ2) is 10.2. The Hall–Kier alpha value is -3.27. The molecule has 3 rings (SSSR count). The van der Waals surface area contributed by atoms with Crippen LogP contribution in [0.1, 0.15) is 15.9 Å². The molecule has 31 heavy (non-hydrogen) atoms. The van der Waals surface area contributed by atoms with Crippen molar-refractivity contribution in [3.05, 3.63) is 91.7 Å². The maximum Gasteiger partial charge on any atom is 0.352 e. The minimum absolute atomic E-state index is 0.147. The highest BCUT2D eigenvalue weighted by Gasteiger charge is 2.16. The van der Waals surface area contributed by atoms with Gasteiger partial charge in [-0.3, -0.25) is 14.2 Å². The van der Waals surface area contributed by atoms with E-state index in [1.54, 1.807) is 0 Å². The van der Waals surface area contributed by atoms with E-state index in [1.807, 2.05) is 30.3 Å². The topological polar surface area (TPSA) is 126 Å². The lowest BCUT2D eigenvalue weighted by Crippen LogP contribution is -2.43. The molecular weight excluding hydrogens is 424 g/mol. The van der Waals surface area contributed by atoms with Crippen molar-refractivity contribution in [3.63, 3.8) is 0 Å². The van der Waals surface area contributed by atoms with Crippen LogP contribution in [-0.2, 0) is 13.0 Å². The van der Waals surface area contributed by atoms with Crippen molar-refractivity contribution in [2.24, 2.45) is 0 Å². The first-order valence-electron chi connectivity index (χ1n) is 9.51. The number of halogens is 1. The number of aromatic nitrogens is 3. The maximum atomic E-state index is 12.7. The Bertz CT molecular complexity index is 1180. The highest BCUT2D eigenvalue weighted by molar-refractivity contribution is 6.33. The van der Waals surface area contributed by atoms with Gasteiger partial charge in [-0.15, -0.1) is 0 Å². The first kappa shape index (κ1) is 22.4. The summed E-state index contributed by atoms with van der Waals surface area (Å²) in [7, 11) is 0. The number of amides is 1. The molecule has 162 valence electrons. The zero-order chi connectivity index (χ0) is 22.4. The molecular formula is C21H21ClN4O5. The Morgan fingerprint density at radius 2 is 1.90 bits per heavy atom. The van der Waals surface area contributed by atoms with Gasteiger partial charge in [0.25, 0.3) is 11.5 Å². The standard InChI is InChI=1S/C21H21ClN4O5/c22-18-7-6-15(26-21(31)25(12-16(28)13-27)19(29)11-24-26)10-17(18)20(30)23-9-8-14-4-2-1-3-5-14/h1-7,10-11,16,27-28H,8-9,12-13H2,(H,23,30). The zero-order valence-corrected chi connectivity index (χ0v) is 17.2. The SMILES string of the molecule is O=C(NCCc1ccccc1)c1cc(-n2ncc(=O)n(CC(O)CO)c2=O)ccc1Cl. The van der Waals surface area contributed by atoms with Crippen LogP contribution in [0.2, 0.25) is 5.02 Å². The van der Waals surface area contributed by atoms with Crippen molar-refractivity contribution in [3.8, 4) is 5.69 Å². The van der Waals surface area contributed by atoms with Gasteiger partial charge in [0.1, 0.15) is 6.20 Å². The quantitative estimate of drug-likeness (QED) is 0.461. The minimum atomic E-state index is -1.28. The van der Waals surface area contributed by atoms with Crippen LogP contribution >= 0.6 is 11.6 Å². The molecule has 0 radical (unpaired) electrons. The number of nitrogens with one attached hydrogen (secondary N) is 1. The van der Waals surface area contributed by atoms with Gasteiger partial charge in [0.15, 0.2) is 0 Å². The number of hydrogen-bond donors (Lipinski definition) is 3. The lowest BCUT2D eigenvalue weighted by Gasteiger charge is -2.13. The molecule has 10 heteroatoms. The second-order valence-corrected chi connectivity index (χ2v) is 7.19. The molecule has 0 aliphatic carbocycles.